The van der Waals surface area contributed by atoms with E-state index in [-0.39, 0.29) is 0 Å². The predicted molar refractivity (Wildman–Crippen MR) is 77.3 cm³/mol. The van der Waals surface area contributed by atoms with E-state index in [9.17, 15) is 13.6 Å². The number of carbonyl (C=O) groups excluding carboxylic acids is 1. The monoisotopic (exact) mass is 312 g/mol. The normalized spacial score (nSPS) is 18.6. The van der Waals surface area contributed by atoms with Gasteiger partial charge < -0.3 is 15.0 Å². The van der Waals surface area contributed by atoms with Crippen molar-refractivity contribution in [2.75, 3.05) is 14.2 Å². The van der Waals surface area contributed by atoms with Gasteiger partial charge in [-0.15, -0.1) is 0 Å². The molecule has 1 heterocycles. The molecular formula is C14H14F2N2O2S. The molecule has 0 unspecified atom stereocenters. The smallest absolute Gasteiger partial charge is 0.337 e. The molecule has 0 saturated carbocycles. The van der Waals surface area contributed by atoms with Crippen LogP contribution in [0, 0.1) is 11.6 Å². The van der Waals surface area contributed by atoms with E-state index in [2.05, 4.69) is 5.32 Å². The highest BCUT2D eigenvalue weighted by Crippen LogP contribution is 2.31. The number of nitrogens with zero attached hydrogens (tertiary/aromatic N) is 1. The summed E-state index contributed by atoms with van der Waals surface area (Å²) in [5.41, 5.74) is 1.30. The van der Waals surface area contributed by atoms with Crippen LogP contribution in [0.15, 0.2) is 29.5 Å². The maximum atomic E-state index is 13.4. The molecule has 21 heavy (non-hydrogen) atoms. The molecule has 0 fully saturated rings. The molecule has 1 N–H and O–H groups in total. The standard InChI is InChI=1S/C14H14F2N2O2S/c1-7-11(13(19)20-3)12(17-14(21)18(7)2)8-4-5-9(15)10(16)6-8/h4-6,12H,1-3H3,(H,17,21)/t12-/m1/s1. The Hall–Kier alpha value is -2.02. The van der Waals surface area contributed by atoms with Crippen LogP contribution in [-0.4, -0.2) is 30.1 Å². The maximum absolute atomic E-state index is 13.4. The Morgan fingerprint density at radius 3 is 2.62 bits per heavy atom. The first kappa shape index (κ1) is 15.4. The molecule has 0 amide bonds. The first-order valence-electron chi connectivity index (χ1n) is 6.15. The number of esters is 1. The molecule has 1 aromatic rings. The Balaban J connectivity index is 2.56. The summed E-state index contributed by atoms with van der Waals surface area (Å²) in [6.07, 6.45) is 0. The van der Waals surface area contributed by atoms with Crippen LogP contribution >= 0.6 is 12.2 Å². The molecule has 112 valence electrons. The van der Waals surface area contributed by atoms with Gasteiger partial charge in [-0.25, -0.2) is 13.6 Å². The second-order valence-corrected chi connectivity index (χ2v) is 4.99. The van der Waals surface area contributed by atoms with Crippen molar-refractivity contribution in [2.45, 2.75) is 13.0 Å². The van der Waals surface area contributed by atoms with Crippen molar-refractivity contribution >= 4 is 23.3 Å². The minimum absolute atomic E-state index is 0.305. The molecule has 0 aliphatic carbocycles. The van der Waals surface area contributed by atoms with Gasteiger partial charge in [0.25, 0.3) is 0 Å². The zero-order valence-corrected chi connectivity index (χ0v) is 12.6. The van der Waals surface area contributed by atoms with E-state index in [1.54, 1.807) is 18.9 Å². The first-order valence-corrected chi connectivity index (χ1v) is 6.56. The van der Waals surface area contributed by atoms with Crippen LogP contribution in [0.2, 0.25) is 0 Å². The number of halogens is 2. The van der Waals surface area contributed by atoms with E-state index in [4.69, 9.17) is 17.0 Å². The number of carbonyl (C=O) groups is 1. The highest BCUT2D eigenvalue weighted by atomic mass is 32.1. The Morgan fingerprint density at radius 1 is 1.38 bits per heavy atom. The number of hydrogen-bond donors (Lipinski definition) is 1. The Kier molecular flexibility index (Phi) is 4.22. The van der Waals surface area contributed by atoms with Crippen molar-refractivity contribution < 1.29 is 18.3 Å². The summed E-state index contributed by atoms with van der Waals surface area (Å²) in [7, 11) is 2.97. The molecule has 0 aromatic heterocycles. The lowest BCUT2D eigenvalue weighted by Gasteiger charge is -2.35. The minimum Gasteiger partial charge on any atom is -0.466 e. The number of nitrogens with one attached hydrogen (secondary N) is 1. The van der Waals surface area contributed by atoms with Gasteiger partial charge in [-0.2, -0.15) is 0 Å². The van der Waals surface area contributed by atoms with Crippen molar-refractivity contribution in [3.63, 3.8) is 0 Å². The van der Waals surface area contributed by atoms with E-state index < -0.39 is 23.6 Å². The van der Waals surface area contributed by atoms with Gasteiger partial charge in [0.2, 0.25) is 0 Å². The molecule has 0 saturated heterocycles. The molecule has 0 radical (unpaired) electrons. The highest BCUT2D eigenvalue weighted by molar-refractivity contribution is 7.80. The van der Waals surface area contributed by atoms with Crippen molar-refractivity contribution in [3.8, 4) is 0 Å². The summed E-state index contributed by atoms with van der Waals surface area (Å²) in [4.78, 5) is 13.6. The summed E-state index contributed by atoms with van der Waals surface area (Å²) in [6.45, 7) is 1.71. The fraction of sp³-hybridized carbons (Fsp3) is 0.286. The molecule has 2 rings (SSSR count). The van der Waals surface area contributed by atoms with Crippen molar-refractivity contribution in [1.29, 1.82) is 0 Å². The average Bonchev–Trinajstić information content (AvgIpc) is 2.46. The summed E-state index contributed by atoms with van der Waals surface area (Å²) in [5, 5.41) is 3.32. The second kappa shape index (κ2) is 5.77. The number of hydrogen-bond acceptors (Lipinski definition) is 3. The van der Waals surface area contributed by atoms with E-state index in [0.717, 1.165) is 12.1 Å². The lowest BCUT2D eigenvalue weighted by Crippen LogP contribution is -2.46. The third kappa shape index (κ3) is 2.73. The van der Waals surface area contributed by atoms with Gasteiger partial charge in [0.15, 0.2) is 16.7 Å². The molecular weight excluding hydrogens is 298 g/mol. The van der Waals surface area contributed by atoms with Crippen LogP contribution in [0.3, 0.4) is 0 Å². The highest BCUT2D eigenvalue weighted by Gasteiger charge is 2.33. The minimum atomic E-state index is -0.985. The number of methoxy groups -OCH3 is 1. The van der Waals surface area contributed by atoms with Gasteiger partial charge in [0.1, 0.15) is 0 Å². The third-order valence-corrected chi connectivity index (χ3v) is 3.83. The zero-order valence-electron chi connectivity index (χ0n) is 11.7. The van der Waals surface area contributed by atoms with Crippen LogP contribution in [0.5, 0.6) is 0 Å². The van der Waals surface area contributed by atoms with E-state index >= 15 is 0 Å². The summed E-state index contributed by atoms with van der Waals surface area (Å²) in [5.74, 6) is -2.49. The van der Waals surface area contributed by atoms with Gasteiger partial charge in [-0.3, -0.25) is 0 Å². The lowest BCUT2D eigenvalue weighted by molar-refractivity contribution is -0.136. The van der Waals surface area contributed by atoms with E-state index in [1.807, 2.05) is 0 Å². The van der Waals surface area contributed by atoms with Crippen LogP contribution in [0.4, 0.5) is 8.78 Å². The molecule has 4 nitrogen and oxygen atoms in total. The van der Waals surface area contributed by atoms with Crippen LogP contribution in [0.1, 0.15) is 18.5 Å². The zero-order chi connectivity index (χ0) is 15.7. The van der Waals surface area contributed by atoms with Crippen LogP contribution in [-0.2, 0) is 9.53 Å². The quantitative estimate of drug-likeness (QED) is 0.670. The summed E-state index contributed by atoms with van der Waals surface area (Å²) >= 11 is 5.18. The van der Waals surface area contributed by atoms with Crippen LogP contribution < -0.4 is 5.32 Å². The average molecular weight is 312 g/mol. The fourth-order valence-electron chi connectivity index (χ4n) is 2.15. The summed E-state index contributed by atoms with van der Waals surface area (Å²) in [6, 6.07) is 2.77. The molecule has 1 aliphatic heterocycles. The van der Waals surface area contributed by atoms with Gasteiger partial charge in [-0.05, 0) is 36.8 Å². The van der Waals surface area contributed by atoms with E-state index in [1.165, 1.54) is 13.2 Å². The number of allylic oxidation sites excluding steroid dienone is 1. The molecule has 0 bridgehead atoms. The number of thiocarbonyl (C=S) groups is 1. The number of rotatable bonds is 2. The van der Waals surface area contributed by atoms with E-state index in [0.29, 0.717) is 21.9 Å². The third-order valence-electron chi connectivity index (χ3n) is 3.44. The SMILES string of the molecule is COC(=O)C1=C(C)N(C)C(=S)N[C@@H]1c1ccc(F)c(F)c1. The second-order valence-electron chi connectivity index (χ2n) is 4.61. The molecule has 1 aliphatic rings. The Morgan fingerprint density at radius 2 is 2.05 bits per heavy atom. The number of benzene rings is 1. The van der Waals surface area contributed by atoms with Crippen LogP contribution in [0.25, 0.3) is 0 Å². The van der Waals surface area contributed by atoms with Crippen molar-refractivity contribution in [3.05, 3.63) is 46.7 Å². The molecule has 1 aromatic carbocycles. The van der Waals surface area contributed by atoms with Gasteiger partial charge >= 0.3 is 5.97 Å². The Bertz CT molecular complexity index is 646. The summed E-state index contributed by atoms with van der Waals surface area (Å²) < 4.78 is 31.3. The fourth-order valence-corrected chi connectivity index (χ4v) is 2.41. The van der Waals surface area contributed by atoms with Crippen molar-refractivity contribution in [2.24, 2.45) is 0 Å². The predicted octanol–water partition coefficient (Wildman–Crippen LogP) is 2.27. The first-order chi connectivity index (χ1) is 9.86. The van der Waals surface area contributed by atoms with Crippen molar-refractivity contribution in [1.82, 2.24) is 10.2 Å². The number of ether oxygens (including phenoxy) is 1. The molecule has 7 heteroatoms. The molecule has 0 spiro atoms. The lowest BCUT2D eigenvalue weighted by atomic mass is 9.95. The Labute approximate surface area is 126 Å². The molecule has 1 atom stereocenters. The van der Waals surface area contributed by atoms with Gasteiger partial charge in [0.05, 0.1) is 18.7 Å². The van der Waals surface area contributed by atoms with Gasteiger partial charge in [-0.1, -0.05) is 6.07 Å². The van der Waals surface area contributed by atoms with Gasteiger partial charge in [0, 0.05) is 12.7 Å². The maximum Gasteiger partial charge on any atom is 0.337 e. The largest absolute Gasteiger partial charge is 0.466 e. The topological polar surface area (TPSA) is 41.6 Å².